The Morgan fingerprint density at radius 1 is 1.00 bits per heavy atom. The molecule has 1 aromatic rings. The van der Waals surface area contributed by atoms with E-state index in [1.165, 1.54) is 24.0 Å². The first-order valence-electron chi connectivity index (χ1n) is 8.97. The Labute approximate surface area is 143 Å². The third-order valence-electron chi connectivity index (χ3n) is 4.89. The molecule has 0 aromatic heterocycles. The van der Waals surface area contributed by atoms with Crippen molar-refractivity contribution in [2.24, 2.45) is 0 Å². The molecule has 3 rings (SSSR count). The number of fused-ring (bicyclic) bond motifs is 1. The number of amides is 2. The summed E-state index contributed by atoms with van der Waals surface area (Å²) in [6, 6.07) is 6.46. The average molecular weight is 330 g/mol. The lowest BCUT2D eigenvalue weighted by Crippen LogP contribution is -2.38. The van der Waals surface area contributed by atoms with Gasteiger partial charge in [-0.15, -0.1) is 0 Å². The van der Waals surface area contributed by atoms with Crippen LogP contribution in [0.4, 0.5) is 4.79 Å². The second kappa shape index (κ2) is 7.69. The summed E-state index contributed by atoms with van der Waals surface area (Å²) in [5.74, 6) is 0.152. The van der Waals surface area contributed by atoms with Crippen LogP contribution in [0.25, 0.3) is 0 Å². The van der Waals surface area contributed by atoms with Gasteiger partial charge in [-0.2, -0.15) is 0 Å². The SMILES string of the molecule is CCOC(=O)N1CCCN(C(=O)Cc2ccc3c(c2)CCC3)CC1. The van der Waals surface area contributed by atoms with Crippen LogP contribution >= 0.6 is 0 Å². The van der Waals surface area contributed by atoms with Crippen molar-refractivity contribution in [2.75, 3.05) is 32.8 Å². The third-order valence-corrected chi connectivity index (χ3v) is 4.89. The number of hydrogen-bond acceptors (Lipinski definition) is 3. The van der Waals surface area contributed by atoms with Crippen LogP contribution in [-0.4, -0.2) is 54.6 Å². The number of carbonyl (C=O) groups is 2. The number of hydrogen-bond donors (Lipinski definition) is 0. The molecule has 1 aliphatic heterocycles. The molecule has 1 saturated heterocycles. The molecule has 0 saturated carbocycles. The average Bonchev–Trinajstić information content (AvgIpc) is 2.89. The standard InChI is InChI=1S/C19H26N2O3/c1-2-24-19(23)21-10-4-9-20(11-12-21)18(22)14-15-7-8-16-5-3-6-17(16)13-15/h7-8,13H,2-6,9-12,14H2,1H3. The molecular formula is C19H26N2O3. The van der Waals surface area contributed by atoms with E-state index in [2.05, 4.69) is 18.2 Å². The van der Waals surface area contributed by atoms with Gasteiger partial charge in [-0.3, -0.25) is 4.79 Å². The molecule has 5 nitrogen and oxygen atoms in total. The Morgan fingerprint density at radius 2 is 1.75 bits per heavy atom. The third kappa shape index (κ3) is 3.89. The minimum atomic E-state index is -0.273. The fourth-order valence-corrected chi connectivity index (χ4v) is 3.59. The molecule has 0 bridgehead atoms. The molecule has 130 valence electrons. The van der Waals surface area contributed by atoms with Crippen LogP contribution in [0.3, 0.4) is 0 Å². The van der Waals surface area contributed by atoms with Gasteiger partial charge in [0.25, 0.3) is 0 Å². The van der Waals surface area contributed by atoms with E-state index in [4.69, 9.17) is 4.74 Å². The molecule has 1 aliphatic carbocycles. The smallest absolute Gasteiger partial charge is 0.409 e. The van der Waals surface area contributed by atoms with Gasteiger partial charge in [-0.1, -0.05) is 18.2 Å². The van der Waals surface area contributed by atoms with Crippen molar-refractivity contribution in [1.29, 1.82) is 0 Å². The Hall–Kier alpha value is -2.04. The van der Waals surface area contributed by atoms with Gasteiger partial charge in [0.2, 0.25) is 5.91 Å². The first-order chi connectivity index (χ1) is 11.7. The van der Waals surface area contributed by atoms with E-state index in [9.17, 15) is 9.59 Å². The van der Waals surface area contributed by atoms with Crippen LogP contribution in [0.2, 0.25) is 0 Å². The first kappa shape index (κ1) is 16.8. The fourth-order valence-electron chi connectivity index (χ4n) is 3.59. The molecule has 1 heterocycles. The van der Waals surface area contributed by atoms with Gasteiger partial charge in [0.05, 0.1) is 13.0 Å². The van der Waals surface area contributed by atoms with Crippen molar-refractivity contribution in [2.45, 2.75) is 39.0 Å². The number of carbonyl (C=O) groups excluding carboxylic acids is 2. The molecule has 0 unspecified atom stereocenters. The molecule has 2 amide bonds. The molecule has 1 aromatic carbocycles. The van der Waals surface area contributed by atoms with Gasteiger partial charge in [-0.25, -0.2) is 4.79 Å². The van der Waals surface area contributed by atoms with E-state index in [-0.39, 0.29) is 12.0 Å². The minimum absolute atomic E-state index is 0.152. The lowest BCUT2D eigenvalue weighted by Gasteiger charge is -2.22. The summed E-state index contributed by atoms with van der Waals surface area (Å²) in [7, 11) is 0. The molecular weight excluding hydrogens is 304 g/mol. The summed E-state index contributed by atoms with van der Waals surface area (Å²) in [6.45, 7) is 4.69. The van der Waals surface area contributed by atoms with Crippen LogP contribution in [0.5, 0.6) is 0 Å². The Balaban J connectivity index is 1.56. The summed E-state index contributed by atoms with van der Waals surface area (Å²) in [5, 5.41) is 0. The van der Waals surface area contributed by atoms with Gasteiger partial charge in [0.1, 0.15) is 0 Å². The number of nitrogens with zero attached hydrogens (tertiary/aromatic N) is 2. The highest BCUT2D eigenvalue weighted by molar-refractivity contribution is 5.79. The van der Waals surface area contributed by atoms with Gasteiger partial charge < -0.3 is 14.5 Å². The first-order valence-corrected chi connectivity index (χ1v) is 8.97. The lowest BCUT2D eigenvalue weighted by molar-refractivity contribution is -0.130. The number of benzene rings is 1. The number of ether oxygens (including phenoxy) is 1. The van der Waals surface area contributed by atoms with Crippen molar-refractivity contribution >= 4 is 12.0 Å². The van der Waals surface area contributed by atoms with Crippen LogP contribution in [0, 0.1) is 0 Å². The largest absolute Gasteiger partial charge is 0.450 e. The predicted molar refractivity (Wildman–Crippen MR) is 92.0 cm³/mol. The maximum Gasteiger partial charge on any atom is 0.409 e. The van der Waals surface area contributed by atoms with Crippen LogP contribution < -0.4 is 0 Å². The molecule has 0 N–H and O–H groups in total. The van der Waals surface area contributed by atoms with Crippen LogP contribution in [-0.2, 0) is 28.8 Å². The molecule has 0 spiro atoms. The molecule has 2 aliphatic rings. The molecule has 0 radical (unpaired) electrons. The predicted octanol–water partition coefficient (Wildman–Crippen LogP) is 2.41. The van der Waals surface area contributed by atoms with E-state index in [1.54, 1.807) is 4.90 Å². The monoisotopic (exact) mass is 330 g/mol. The highest BCUT2D eigenvalue weighted by Gasteiger charge is 2.23. The number of rotatable bonds is 3. The molecule has 5 heteroatoms. The van der Waals surface area contributed by atoms with E-state index < -0.39 is 0 Å². The van der Waals surface area contributed by atoms with Crippen LogP contribution in [0.15, 0.2) is 18.2 Å². The Morgan fingerprint density at radius 3 is 2.58 bits per heavy atom. The van der Waals surface area contributed by atoms with E-state index in [0.29, 0.717) is 39.2 Å². The van der Waals surface area contributed by atoms with Crippen molar-refractivity contribution in [3.63, 3.8) is 0 Å². The van der Waals surface area contributed by atoms with E-state index >= 15 is 0 Å². The van der Waals surface area contributed by atoms with Gasteiger partial charge in [-0.05, 0) is 49.3 Å². The quantitative estimate of drug-likeness (QED) is 0.855. The Kier molecular flexibility index (Phi) is 5.38. The topological polar surface area (TPSA) is 49.9 Å². The highest BCUT2D eigenvalue weighted by atomic mass is 16.6. The summed E-state index contributed by atoms with van der Waals surface area (Å²) in [5.41, 5.74) is 3.95. The maximum atomic E-state index is 12.6. The summed E-state index contributed by atoms with van der Waals surface area (Å²) >= 11 is 0. The summed E-state index contributed by atoms with van der Waals surface area (Å²) in [4.78, 5) is 28.0. The van der Waals surface area contributed by atoms with Gasteiger partial charge >= 0.3 is 6.09 Å². The summed E-state index contributed by atoms with van der Waals surface area (Å²) in [6.07, 6.45) is 4.50. The zero-order valence-electron chi connectivity index (χ0n) is 14.4. The second-order valence-electron chi connectivity index (χ2n) is 6.55. The van der Waals surface area contributed by atoms with E-state index in [1.807, 2.05) is 11.8 Å². The molecule has 1 fully saturated rings. The zero-order chi connectivity index (χ0) is 16.9. The minimum Gasteiger partial charge on any atom is -0.450 e. The highest BCUT2D eigenvalue weighted by Crippen LogP contribution is 2.23. The van der Waals surface area contributed by atoms with Crippen molar-refractivity contribution in [3.05, 3.63) is 34.9 Å². The second-order valence-corrected chi connectivity index (χ2v) is 6.55. The van der Waals surface area contributed by atoms with Crippen LogP contribution in [0.1, 0.15) is 36.5 Å². The maximum absolute atomic E-state index is 12.6. The molecule has 0 atom stereocenters. The van der Waals surface area contributed by atoms with Gasteiger partial charge in [0, 0.05) is 26.2 Å². The number of aryl methyl sites for hydroxylation is 2. The molecule has 24 heavy (non-hydrogen) atoms. The van der Waals surface area contributed by atoms with Crippen molar-refractivity contribution in [1.82, 2.24) is 9.80 Å². The van der Waals surface area contributed by atoms with E-state index in [0.717, 1.165) is 18.4 Å². The fraction of sp³-hybridized carbons (Fsp3) is 0.579. The Bertz CT molecular complexity index is 615. The lowest BCUT2D eigenvalue weighted by atomic mass is 10.0. The van der Waals surface area contributed by atoms with Gasteiger partial charge in [0.15, 0.2) is 0 Å². The van der Waals surface area contributed by atoms with Crippen molar-refractivity contribution < 1.29 is 14.3 Å². The zero-order valence-corrected chi connectivity index (χ0v) is 14.4. The summed E-state index contributed by atoms with van der Waals surface area (Å²) < 4.78 is 5.05. The normalized spacial score (nSPS) is 17.4. The van der Waals surface area contributed by atoms with Crippen molar-refractivity contribution in [3.8, 4) is 0 Å².